The lowest BCUT2D eigenvalue weighted by Crippen LogP contribution is -2.32. The highest BCUT2D eigenvalue weighted by atomic mass is 16.5. The molecule has 0 spiro atoms. The first-order valence-electron chi connectivity index (χ1n) is 8.03. The van der Waals surface area contributed by atoms with E-state index in [9.17, 15) is 9.59 Å². The second-order valence-corrected chi connectivity index (χ2v) is 5.27. The number of hydrogen-bond donors (Lipinski definition) is 2. The Balaban J connectivity index is 2.01. The molecule has 0 aliphatic carbocycles. The van der Waals surface area contributed by atoms with Crippen molar-refractivity contribution < 1.29 is 19.1 Å². The summed E-state index contributed by atoms with van der Waals surface area (Å²) in [4.78, 5) is 23.9. The molecule has 2 amide bonds. The molecule has 2 N–H and O–H groups in total. The zero-order valence-electron chi connectivity index (χ0n) is 14.9. The highest BCUT2D eigenvalue weighted by Gasteiger charge is 2.14. The Labute approximate surface area is 152 Å². The van der Waals surface area contributed by atoms with Crippen molar-refractivity contribution in [1.82, 2.24) is 5.43 Å². The van der Waals surface area contributed by atoms with Crippen LogP contribution in [0.15, 0.2) is 47.6 Å². The van der Waals surface area contributed by atoms with Crippen LogP contribution in [-0.4, -0.2) is 32.2 Å². The van der Waals surface area contributed by atoms with Crippen LogP contribution in [0.5, 0.6) is 11.5 Å². The van der Waals surface area contributed by atoms with Crippen LogP contribution in [0.1, 0.15) is 18.1 Å². The molecule has 0 heterocycles. The minimum absolute atomic E-state index is 0.560. The third-order valence-electron chi connectivity index (χ3n) is 3.66. The number of carbonyl (C=O) groups excluding carboxylic acids is 2. The zero-order chi connectivity index (χ0) is 18.9. The van der Waals surface area contributed by atoms with Crippen molar-refractivity contribution in [2.24, 2.45) is 5.10 Å². The minimum atomic E-state index is -0.867. The lowest BCUT2D eigenvalue weighted by Gasteiger charge is -2.08. The molecule has 0 radical (unpaired) electrons. The summed E-state index contributed by atoms with van der Waals surface area (Å²) in [6, 6.07) is 12.5. The number of amides is 2. The molecule has 2 aromatic rings. The number of para-hydroxylation sites is 1. The van der Waals surface area contributed by atoms with Crippen LogP contribution in [-0.2, 0) is 16.0 Å². The molecule has 7 heteroatoms. The molecule has 0 bridgehead atoms. The van der Waals surface area contributed by atoms with Gasteiger partial charge in [0.25, 0.3) is 0 Å². The largest absolute Gasteiger partial charge is 0.497 e. The van der Waals surface area contributed by atoms with Crippen LogP contribution >= 0.6 is 0 Å². The van der Waals surface area contributed by atoms with Crippen molar-refractivity contribution in [3.8, 4) is 11.5 Å². The molecule has 7 nitrogen and oxygen atoms in total. The zero-order valence-corrected chi connectivity index (χ0v) is 14.9. The number of nitrogens with one attached hydrogen (secondary N) is 2. The summed E-state index contributed by atoms with van der Waals surface area (Å²) in [7, 11) is 3.07. The normalized spacial score (nSPS) is 10.4. The molecular weight excluding hydrogens is 334 g/mol. The molecule has 2 aromatic carbocycles. The first-order chi connectivity index (χ1) is 12.6. The van der Waals surface area contributed by atoms with E-state index in [1.165, 1.54) is 13.3 Å². The van der Waals surface area contributed by atoms with Gasteiger partial charge in [0.05, 0.1) is 20.4 Å². The third-order valence-corrected chi connectivity index (χ3v) is 3.66. The van der Waals surface area contributed by atoms with Crippen LogP contribution in [0.25, 0.3) is 0 Å². The molecule has 0 saturated carbocycles. The lowest BCUT2D eigenvalue weighted by molar-refractivity contribution is -0.136. The highest BCUT2D eigenvalue weighted by molar-refractivity contribution is 6.39. The summed E-state index contributed by atoms with van der Waals surface area (Å²) in [5.74, 6) is -0.479. The molecule has 2 rings (SSSR count). The first-order valence-corrected chi connectivity index (χ1v) is 8.03. The van der Waals surface area contributed by atoms with E-state index >= 15 is 0 Å². The summed E-state index contributed by atoms with van der Waals surface area (Å²) in [5.41, 5.74) is 4.35. The summed E-state index contributed by atoms with van der Waals surface area (Å²) >= 11 is 0. The molecule has 26 heavy (non-hydrogen) atoms. The maximum atomic E-state index is 12.0. The predicted molar refractivity (Wildman–Crippen MR) is 99.7 cm³/mol. The molecular formula is C19H21N3O4. The Kier molecular flexibility index (Phi) is 6.73. The third kappa shape index (κ3) is 4.83. The summed E-state index contributed by atoms with van der Waals surface area (Å²) in [6.45, 7) is 1.97. The van der Waals surface area contributed by atoms with Gasteiger partial charge in [-0.1, -0.05) is 25.1 Å². The standard InChI is InChI=1S/C19H21N3O4/c1-4-13-7-5-6-8-16(13)21-18(23)19(24)22-20-12-14-11-15(25-2)9-10-17(14)26-3/h5-12H,4H2,1-3H3,(H,21,23)(H,22,24)/b20-12-. The van der Waals surface area contributed by atoms with E-state index < -0.39 is 11.8 Å². The Morgan fingerprint density at radius 1 is 1.08 bits per heavy atom. The Hall–Kier alpha value is -3.35. The SMILES string of the molecule is CCc1ccccc1NC(=O)C(=O)N/N=C\c1cc(OC)ccc1OC. The summed E-state index contributed by atoms with van der Waals surface area (Å²) in [6.07, 6.45) is 2.12. The second kappa shape index (κ2) is 9.22. The van der Waals surface area contributed by atoms with Crippen LogP contribution in [0.4, 0.5) is 5.69 Å². The van der Waals surface area contributed by atoms with E-state index in [-0.39, 0.29) is 0 Å². The van der Waals surface area contributed by atoms with E-state index in [0.717, 1.165) is 12.0 Å². The van der Waals surface area contributed by atoms with Crippen molar-refractivity contribution >= 4 is 23.7 Å². The first kappa shape index (κ1) is 19.0. The average Bonchev–Trinajstić information content (AvgIpc) is 2.68. The number of hydrazone groups is 1. The van der Waals surface area contributed by atoms with Crippen LogP contribution in [0.3, 0.4) is 0 Å². The van der Waals surface area contributed by atoms with Gasteiger partial charge in [0.1, 0.15) is 11.5 Å². The molecule has 0 saturated heterocycles. The van der Waals surface area contributed by atoms with E-state index in [4.69, 9.17) is 9.47 Å². The number of anilines is 1. The van der Waals surface area contributed by atoms with Crippen molar-refractivity contribution in [2.75, 3.05) is 19.5 Å². The second-order valence-electron chi connectivity index (χ2n) is 5.27. The average molecular weight is 355 g/mol. The quantitative estimate of drug-likeness (QED) is 0.473. The lowest BCUT2D eigenvalue weighted by atomic mass is 10.1. The Bertz CT molecular complexity index is 818. The monoisotopic (exact) mass is 355 g/mol. The number of benzene rings is 2. The van der Waals surface area contributed by atoms with Crippen molar-refractivity contribution in [3.05, 3.63) is 53.6 Å². The van der Waals surface area contributed by atoms with E-state index in [1.807, 2.05) is 19.1 Å². The predicted octanol–water partition coefficient (Wildman–Crippen LogP) is 2.36. The van der Waals surface area contributed by atoms with Gasteiger partial charge in [-0.25, -0.2) is 5.43 Å². The molecule has 0 aliphatic heterocycles. The van der Waals surface area contributed by atoms with Crippen molar-refractivity contribution in [2.45, 2.75) is 13.3 Å². The number of hydrogen-bond acceptors (Lipinski definition) is 5. The summed E-state index contributed by atoms with van der Waals surface area (Å²) < 4.78 is 10.4. The molecule has 136 valence electrons. The summed E-state index contributed by atoms with van der Waals surface area (Å²) in [5, 5.41) is 6.39. The fraction of sp³-hybridized carbons (Fsp3) is 0.211. The van der Waals surface area contributed by atoms with Crippen molar-refractivity contribution in [3.63, 3.8) is 0 Å². The maximum Gasteiger partial charge on any atom is 0.329 e. The van der Waals surface area contributed by atoms with Gasteiger partial charge in [-0.3, -0.25) is 9.59 Å². The van der Waals surface area contributed by atoms with Gasteiger partial charge in [0.15, 0.2) is 0 Å². The van der Waals surface area contributed by atoms with Crippen molar-refractivity contribution in [1.29, 1.82) is 0 Å². The van der Waals surface area contributed by atoms with Gasteiger partial charge in [0, 0.05) is 11.3 Å². The highest BCUT2D eigenvalue weighted by Crippen LogP contribution is 2.22. The Morgan fingerprint density at radius 2 is 1.85 bits per heavy atom. The number of methoxy groups -OCH3 is 2. The number of nitrogens with zero attached hydrogens (tertiary/aromatic N) is 1. The van der Waals surface area contributed by atoms with Gasteiger partial charge < -0.3 is 14.8 Å². The van der Waals surface area contributed by atoms with Gasteiger partial charge >= 0.3 is 11.8 Å². The topological polar surface area (TPSA) is 89.0 Å². The maximum absolute atomic E-state index is 12.0. The van der Waals surface area contributed by atoms with E-state index in [1.54, 1.807) is 37.4 Å². The number of aryl methyl sites for hydroxylation is 1. The van der Waals surface area contributed by atoms with E-state index in [2.05, 4.69) is 15.8 Å². The molecule has 0 fully saturated rings. The number of carbonyl (C=O) groups is 2. The van der Waals surface area contributed by atoms with Gasteiger partial charge in [-0.05, 0) is 36.2 Å². The fourth-order valence-corrected chi connectivity index (χ4v) is 2.28. The molecule has 0 unspecified atom stereocenters. The van der Waals surface area contributed by atoms with Gasteiger partial charge in [-0.2, -0.15) is 5.10 Å². The smallest absolute Gasteiger partial charge is 0.329 e. The van der Waals surface area contributed by atoms with Gasteiger partial charge in [-0.15, -0.1) is 0 Å². The Morgan fingerprint density at radius 3 is 2.54 bits per heavy atom. The molecule has 0 aromatic heterocycles. The van der Waals surface area contributed by atoms with Gasteiger partial charge in [0.2, 0.25) is 0 Å². The fourth-order valence-electron chi connectivity index (χ4n) is 2.28. The van der Waals surface area contributed by atoms with Crippen LogP contribution in [0, 0.1) is 0 Å². The number of rotatable bonds is 6. The van der Waals surface area contributed by atoms with E-state index in [0.29, 0.717) is 22.7 Å². The molecule has 0 atom stereocenters. The molecule has 0 aliphatic rings. The number of ether oxygens (including phenoxy) is 2. The minimum Gasteiger partial charge on any atom is -0.497 e. The van der Waals surface area contributed by atoms with Crippen LogP contribution < -0.4 is 20.2 Å². The van der Waals surface area contributed by atoms with Crippen LogP contribution in [0.2, 0.25) is 0 Å².